The second-order valence-electron chi connectivity index (χ2n) is 8.02. The molecule has 0 unspecified atom stereocenters. The summed E-state index contributed by atoms with van der Waals surface area (Å²) < 4.78 is 5.56. The van der Waals surface area contributed by atoms with Crippen molar-refractivity contribution in [1.82, 2.24) is 10.1 Å². The third-order valence-electron chi connectivity index (χ3n) is 6.68. The summed E-state index contributed by atoms with van der Waals surface area (Å²) in [6.07, 6.45) is 6.59. The van der Waals surface area contributed by atoms with E-state index < -0.39 is 0 Å². The molecule has 24 heavy (non-hydrogen) atoms. The second-order valence-corrected chi connectivity index (χ2v) is 8.02. The van der Waals surface area contributed by atoms with Crippen LogP contribution < -0.4 is 0 Å². The number of carbonyl (C=O) groups is 1. The summed E-state index contributed by atoms with van der Waals surface area (Å²) in [5.74, 6) is 2.42. The third kappa shape index (κ3) is 1.59. The van der Waals surface area contributed by atoms with E-state index in [2.05, 4.69) is 22.2 Å². The van der Waals surface area contributed by atoms with Gasteiger partial charge in [0.15, 0.2) is 11.5 Å². The van der Waals surface area contributed by atoms with Crippen LogP contribution in [0.15, 0.2) is 28.0 Å². The van der Waals surface area contributed by atoms with Crippen molar-refractivity contribution in [1.29, 1.82) is 0 Å². The molecule has 5 nitrogen and oxygen atoms in total. The number of hydrogen-bond donors (Lipinski definition) is 1. The van der Waals surface area contributed by atoms with E-state index in [9.17, 15) is 9.90 Å². The van der Waals surface area contributed by atoms with Crippen LogP contribution in [-0.4, -0.2) is 35.0 Å². The molecule has 1 aromatic heterocycles. The SMILES string of the molecule is Cc1noc2c1C(=O)C1=C(O)[C@H]3[C@@H](C[C@H]1[C@H]2N(C)C)[C@H]1C=C[C@@H]3C1. The number of hydrogen-bond acceptors (Lipinski definition) is 5. The number of aliphatic hydroxyl groups excluding tert-OH is 1. The number of aryl methyl sites for hydroxylation is 1. The highest BCUT2D eigenvalue weighted by Crippen LogP contribution is 2.59. The van der Waals surface area contributed by atoms with Crippen LogP contribution in [0.4, 0.5) is 0 Å². The van der Waals surface area contributed by atoms with E-state index in [4.69, 9.17) is 4.52 Å². The van der Waals surface area contributed by atoms with Crippen molar-refractivity contribution in [2.75, 3.05) is 14.1 Å². The Labute approximate surface area is 141 Å². The molecule has 1 saturated carbocycles. The van der Waals surface area contributed by atoms with Crippen LogP contribution in [-0.2, 0) is 0 Å². The van der Waals surface area contributed by atoms with E-state index >= 15 is 0 Å². The first-order valence-electron chi connectivity index (χ1n) is 8.77. The van der Waals surface area contributed by atoms with Gasteiger partial charge in [0.1, 0.15) is 5.76 Å². The van der Waals surface area contributed by atoms with Crippen LogP contribution in [0.2, 0.25) is 0 Å². The molecule has 0 spiro atoms. The summed E-state index contributed by atoms with van der Waals surface area (Å²) in [5.41, 5.74) is 1.80. The zero-order chi connectivity index (χ0) is 16.7. The van der Waals surface area contributed by atoms with Crippen molar-refractivity contribution in [3.8, 4) is 0 Å². The normalized spacial score (nSPS) is 39.4. The molecule has 1 aromatic rings. The molecule has 0 radical (unpaired) electrons. The number of rotatable bonds is 1. The molecular formula is C19H22N2O3. The average molecular weight is 326 g/mol. The molecule has 4 aliphatic carbocycles. The molecule has 1 N–H and O–H groups in total. The molecule has 5 rings (SSSR count). The average Bonchev–Trinajstić information content (AvgIpc) is 3.22. The van der Waals surface area contributed by atoms with Crippen LogP contribution in [0, 0.1) is 36.5 Å². The van der Waals surface area contributed by atoms with Crippen molar-refractivity contribution < 1.29 is 14.4 Å². The van der Waals surface area contributed by atoms with Gasteiger partial charge in [-0.15, -0.1) is 0 Å². The zero-order valence-electron chi connectivity index (χ0n) is 14.2. The van der Waals surface area contributed by atoms with Gasteiger partial charge in [-0.05, 0) is 51.6 Å². The van der Waals surface area contributed by atoms with Crippen LogP contribution >= 0.6 is 0 Å². The monoisotopic (exact) mass is 326 g/mol. The Bertz CT molecular complexity index is 804. The summed E-state index contributed by atoms with van der Waals surface area (Å²) in [6.45, 7) is 1.80. The van der Waals surface area contributed by atoms with Crippen molar-refractivity contribution in [3.63, 3.8) is 0 Å². The number of aliphatic hydroxyl groups is 1. The minimum Gasteiger partial charge on any atom is -0.512 e. The summed E-state index contributed by atoms with van der Waals surface area (Å²) in [4.78, 5) is 15.2. The van der Waals surface area contributed by atoms with Gasteiger partial charge < -0.3 is 9.63 Å². The highest BCUT2D eigenvalue weighted by Gasteiger charge is 2.56. The quantitative estimate of drug-likeness (QED) is 0.804. The minimum absolute atomic E-state index is 0.0126. The molecule has 1 fully saturated rings. The molecular weight excluding hydrogens is 304 g/mol. The van der Waals surface area contributed by atoms with Crippen molar-refractivity contribution in [2.24, 2.45) is 29.6 Å². The van der Waals surface area contributed by atoms with Gasteiger partial charge in [0, 0.05) is 17.4 Å². The van der Waals surface area contributed by atoms with E-state index in [1.54, 1.807) is 6.92 Å². The topological polar surface area (TPSA) is 66.6 Å². The van der Waals surface area contributed by atoms with Gasteiger partial charge in [0.2, 0.25) is 0 Å². The number of allylic oxidation sites excluding steroid dienone is 3. The molecule has 0 saturated heterocycles. The molecule has 2 bridgehead atoms. The standard InChI is InChI=1S/C19H22N2O3/c1-8-13-17(22)15-12(16(21(2)3)19(13)24-20-8)7-11-9-4-5-10(6-9)14(11)18(15)23/h4-5,9-12,14,16,23H,6-7H2,1-3H3/t9-,10+,11-,12+,14+,16+/m0/s1. The second kappa shape index (κ2) is 4.60. The molecule has 6 atom stereocenters. The Morgan fingerprint density at radius 1 is 1.25 bits per heavy atom. The van der Waals surface area contributed by atoms with Crippen LogP contribution in [0.25, 0.3) is 0 Å². The number of Topliss-reactive ketones (excluding diaryl/α,β-unsaturated/α-hetero) is 1. The lowest BCUT2D eigenvalue weighted by Crippen LogP contribution is -2.42. The largest absolute Gasteiger partial charge is 0.512 e. The van der Waals surface area contributed by atoms with Gasteiger partial charge in [-0.3, -0.25) is 9.69 Å². The Hall–Kier alpha value is -1.88. The van der Waals surface area contributed by atoms with Gasteiger partial charge in [-0.1, -0.05) is 17.3 Å². The zero-order valence-corrected chi connectivity index (χ0v) is 14.2. The van der Waals surface area contributed by atoms with Gasteiger partial charge in [-0.2, -0.15) is 0 Å². The maximum Gasteiger partial charge on any atom is 0.198 e. The summed E-state index contributed by atoms with van der Waals surface area (Å²) >= 11 is 0. The molecule has 0 aromatic carbocycles. The van der Waals surface area contributed by atoms with E-state index in [0.717, 1.165) is 12.8 Å². The van der Waals surface area contributed by atoms with Gasteiger partial charge in [0.25, 0.3) is 0 Å². The lowest BCUT2D eigenvalue weighted by atomic mass is 9.63. The first-order valence-corrected chi connectivity index (χ1v) is 8.77. The van der Waals surface area contributed by atoms with Gasteiger partial charge >= 0.3 is 0 Å². The number of aromatic nitrogens is 1. The Balaban J connectivity index is 1.72. The first-order chi connectivity index (χ1) is 11.5. The summed E-state index contributed by atoms with van der Waals surface area (Å²) in [7, 11) is 4.01. The molecule has 0 amide bonds. The van der Waals surface area contributed by atoms with E-state index in [1.807, 2.05) is 14.1 Å². The Kier molecular flexibility index (Phi) is 2.77. The summed E-state index contributed by atoms with van der Waals surface area (Å²) in [6, 6.07) is -0.0416. The van der Waals surface area contributed by atoms with Gasteiger partial charge in [0.05, 0.1) is 17.3 Å². The maximum absolute atomic E-state index is 13.2. The predicted molar refractivity (Wildman–Crippen MR) is 87.5 cm³/mol. The lowest BCUT2D eigenvalue weighted by Gasteiger charge is -2.43. The lowest BCUT2D eigenvalue weighted by molar-refractivity contribution is 0.0821. The number of ketones is 1. The van der Waals surface area contributed by atoms with Crippen LogP contribution in [0.5, 0.6) is 0 Å². The van der Waals surface area contributed by atoms with Crippen molar-refractivity contribution in [3.05, 3.63) is 40.5 Å². The maximum atomic E-state index is 13.2. The van der Waals surface area contributed by atoms with Crippen LogP contribution in [0.1, 0.15) is 40.7 Å². The van der Waals surface area contributed by atoms with E-state index in [-0.39, 0.29) is 23.7 Å². The third-order valence-corrected chi connectivity index (χ3v) is 6.68. The highest BCUT2D eigenvalue weighted by atomic mass is 16.5. The van der Waals surface area contributed by atoms with Crippen molar-refractivity contribution in [2.45, 2.75) is 25.8 Å². The summed E-state index contributed by atoms with van der Waals surface area (Å²) in [5, 5.41) is 15.1. The molecule has 0 aliphatic heterocycles. The predicted octanol–water partition coefficient (Wildman–Crippen LogP) is 3.05. The Morgan fingerprint density at radius 3 is 2.75 bits per heavy atom. The van der Waals surface area contributed by atoms with Crippen molar-refractivity contribution >= 4 is 5.78 Å². The Morgan fingerprint density at radius 2 is 2.00 bits per heavy atom. The smallest absolute Gasteiger partial charge is 0.198 e. The van der Waals surface area contributed by atoms with Gasteiger partial charge in [-0.25, -0.2) is 0 Å². The fourth-order valence-electron chi connectivity index (χ4n) is 5.78. The van der Waals surface area contributed by atoms with Crippen LogP contribution in [0.3, 0.4) is 0 Å². The van der Waals surface area contributed by atoms with E-state index in [1.165, 1.54) is 0 Å². The van der Waals surface area contributed by atoms with E-state index in [0.29, 0.717) is 46.1 Å². The fraction of sp³-hybridized carbons (Fsp3) is 0.579. The number of fused-ring (bicyclic) bond motifs is 7. The highest BCUT2D eigenvalue weighted by molar-refractivity contribution is 6.12. The molecule has 126 valence electrons. The fourth-order valence-corrected chi connectivity index (χ4v) is 5.78. The first kappa shape index (κ1) is 14.5. The number of carbonyl (C=O) groups excluding carboxylic acids is 1. The minimum atomic E-state index is -0.0745. The number of nitrogens with zero attached hydrogens (tertiary/aromatic N) is 2. The molecule has 1 heterocycles. The molecule has 4 aliphatic rings. The molecule has 5 heteroatoms.